The zero-order valence-electron chi connectivity index (χ0n) is 14.1. The molecule has 2 N–H and O–H groups in total. The lowest BCUT2D eigenvalue weighted by Gasteiger charge is -2.31. The molecule has 2 heterocycles. The van der Waals surface area contributed by atoms with E-state index in [-0.39, 0.29) is 12.5 Å². The minimum Gasteiger partial charge on any atom is -0.325 e. The van der Waals surface area contributed by atoms with Crippen molar-refractivity contribution in [1.29, 1.82) is 0 Å². The number of sulfonamides is 1. The molecule has 3 rings (SSSR count). The Morgan fingerprint density at radius 3 is 2.46 bits per heavy atom. The Balaban J connectivity index is 1.52. The lowest BCUT2D eigenvalue weighted by atomic mass is 10.3. The number of anilines is 1. The molecule has 0 bridgehead atoms. The van der Waals surface area contributed by atoms with Gasteiger partial charge in [-0.15, -0.1) is 0 Å². The van der Waals surface area contributed by atoms with Crippen molar-refractivity contribution in [1.82, 2.24) is 9.29 Å². The van der Waals surface area contributed by atoms with Gasteiger partial charge in [-0.2, -0.15) is 4.31 Å². The van der Waals surface area contributed by atoms with Crippen molar-refractivity contribution in [2.45, 2.75) is 4.90 Å². The van der Waals surface area contributed by atoms with Gasteiger partial charge in [-0.3, -0.25) is 4.79 Å². The van der Waals surface area contributed by atoms with E-state index >= 15 is 0 Å². The Morgan fingerprint density at radius 2 is 1.85 bits per heavy atom. The third-order valence-electron chi connectivity index (χ3n) is 4.22. The fourth-order valence-corrected chi connectivity index (χ4v) is 4.40. The van der Waals surface area contributed by atoms with Crippen molar-refractivity contribution < 1.29 is 18.1 Å². The van der Waals surface area contributed by atoms with Gasteiger partial charge in [-0.1, -0.05) is 29.8 Å². The van der Waals surface area contributed by atoms with Crippen LogP contribution in [0.2, 0.25) is 5.02 Å². The van der Waals surface area contributed by atoms with Gasteiger partial charge in [0, 0.05) is 6.20 Å². The number of nitrogens with zero attached hydrogens (tertiary/aromatic N) is 2. The SMILES string of the molecule is O=C(C[NH+]1CCN(S(=O)(=O)c2ccccc2)CC1)Nc1ccc(Cl)cn1. The van der Waals surface area contributed by atoms with E-state index in [1.807, 2.05) is 0 Å². The molecule has 1 aliphatic heterocycles. The second kappa shape index (κ2) is 8.13. The van der Waals surface area contributed by atoms with Crippen LogP contribution in [0.3, 0.4) is 0 Å². The molecule has 138 valence electrons. The van der Waals surface area contributed by atoms with Crippen LogP contribution in [0, 0.1) is 0 Å². The number of halogens is 1. The van der Waals surface area contributed by atoms with Crippen LogP contribution in [0.1, 0.15) is 0 Å². The molecule has 2 aromatic rings. The summed E-state index contributed by atoms with van der Waals surface area (Å²) in [5.74, 6) is 0.290. The summed E-state index contributed by atoms with van der Waals surface area (Å²) in [5.41, 5.74) is 0. The molecule has 0 unspecified atom stereocenters. The summed E-state index contributed by atoms with van der Waals surface area (Å²) in [7, 11) is -3.47. The normalized spacial score (nSPS) is 16.3. The molecule has 1 saturated heterocycles. The molecule has 0 spiro atoms. The molecule has 1 aliphatic rings. The topological polar surface area (TPSA) is 83.8 Å². The molecule has 1 aromatic heterocycles. The van der Waals surface area contributed by atoms with E-state index in [9.17, 15) is 13.2 Å². The molecule has 0 saturated carbocycles. The van der Waals surface area contributed by atoms with Gasteiger partial charge in [0.15, 0.2) is 6.54 Å². The highest BCUT2D eigenvalue weighted by Crippen LogP contribution is 2.14. The van der Waals surface area contributed by atoms with Crippen molar-refractivity contribution in [3.63, 3.8) is 0 Å². The van der Waals surface area contributed by atoms with Crippen LogP contribution in [-0.2, 0) is 14.8 Å². The molecule has 1 fully saturated rings. The molecule has 1 aromatic carbocycles. The average Bonchev–Trinajstić information content (AvgIpc) is 2.65. The summed E-state index contributed by atoms with van der Waals surface area (Å²) >= 11 is 5.77. The third-order valence-corrected chi connectivity index (χ3v) is 6.35. The predicted molar refractivity (Wildman–Crippen MR) is 98.6 cm³/mol. The summed E-state index contributed by atoms with van der Waals surface area (Å²) < 4.78 is 26.7. The van der Waals surface area contributed by atoms with Crippen molar-refractivity contribution in [2.75, 3.05) is 38.0 Å². The van der Waals surface area contributed by atoms with E-state index in [4.69, 9.17) is 11.6 Å². The minimum absolute atomic E-state index is 0.158. The van der Waals surface area contributed by atoms with Crippen molar-refractivity contribution >= 4 is 33.3 Å². The number of benzene rings is 1. The van der Waals surface area contributed by atoms with Gasteiger partial charge in [0.1, 0.15) is 5.82 Å². The Hall–Kier alpha value is -2.00. The van der Waals surface area contributed by atoms with E-state index in [0.717, 1.165) is 4.90 Å². The van der Waals surface area contributed by atoms with Crippen molar-refractivity contribution in [3.05, 3.63) is 53.7 Å². The third kappa shape index (κ3) is 4.59. The highest BCUT2D eigenvalue weighted by molar-refractivity contribution is 7.89. The van der Waals surface area contributed by atoms with Crippen LogP contribution in [-0.4, -0.2) is 56.3 Å². The molecule has 0 aliphatic carbocycles. The largest absolute Gasteiger partial charge is 0.325 e. The van der Waals surface area contributed by atoms with Gasteiger partial charge in [0.05, 0.1) is 36.1 Å². The number of carbonyl (C=O) groups is 1. The van der Waals surface area contributed by atoms with Crippen LogP contribution in [0.15, 0.2) is 53.6 Å². The van der Waals surface area contributed by atoms with Gasteiger partial charge in [0.25, 0.3) is 5.91 Å². The van der Waals surface area contributed by atoms with Crippen LogP contribution in [0.25, 0.3) is 0 Å². The van der Waals surface area contributed by atoms with Crippen LogP contribution < -0.4 is 10.2 Å². The fourth-order valence-electron chi connectivity index (χ4n) is 2.82. The maximum Gasteiger partial charge on any atom is 0.280 e. The van der Waals surface area contributed by atoms with E-state index in [1.54, 1.807) is 42.5 Å². The summed E-state index contributed by atoms with van der Waals surface area (Å²) in [6.45, 7) is 2.20. The smallest absolute Gasteiger partial charge is 0.280 e. The standard InChI is InChI=1S/C17H19ClN4O3S/c18-14-6-7-16(19-12-14)20-17(23)13-21-8-10-22(11-9-21)26(24,25)15-4-2-1-3-5-15/h1-7,12H,8-11,13H2,(H,19,20,23)/p+1. The number of amides is 1. The van der Waals surface area contributed by atoms with Gasteiger partial charge < -0.3 is 10.2 Å². The first kappa shape index (κ1) is 18.8. The van der Waals surface area contributed by atoms with Gasteiger partial charge in [0.2, 0.25) is 10.0 Å². The van der Waals surface area contributed by atoms with E-state index in [0.29, 0.717) is 41.9 Å². The molecule has 0 atom stereocenters. The summed E-state index contributed by atoms with van der Waals surface area (Å²) in [4.78, 5) is 17.5. The monoisotopic (exact) mass is 395 g/mol. The molecule has 9 heteroatoms. The average molecular weight is 396 g/mol. The maximum atomic E-state index is 12.6. The zero-order chi connectivity index (χ0) is 18.6. The number of nitrogens with one attached hydrogen (secondary N) is 2. The van der Waals surface area contributed by atoms with Gasteiger partial charge in [-0.25, -0.2) is 13.4 Å². The van der Waals surface area contributed by atoms with E-state index in [2.05, 4.69) is 10.3 Å². The second-order valence-electron chi connectivity index (χ2n) is 6.05. The Kier molecular flexibility index (Phi) is 5.87. The van der Waals surface area contributed by atoms with Crippen molar-refractivity contribution in [2.24, 2.45) is 0 Å². The number of pyridine rings is 1. The number of hydrogen-bond acceptors (Lipinski definition) is 4. The molecule has 26 heavy (non-hydrogen) atoms. The lowest BCUT2D eigenvalue weighted by molar-refractivity contribution is -0.895. The number of carbonyl (C=O) groups excluding carboxylic acids is 1. The van der Waals surface area contributed by atoms with Crippen LogP contribution in [0.4, 0.5) is 5.82 Å². The van der Waals surface area contributed by atoms with Gasteiger partial charge >= 0.3 is 0 Å². The number of piperazine rings is 1. The molecular weight excluding hydrogens is 376 g/mol. The molecular formula is C17H20ClN4O3S+. The van der Waals surface area contributed by atoms with E-state index < -0.39 is 10.0 Å². The van der Waals surface area contributed by atoms with E-state index in [1.165, 1.54) is 10.5 Å². The Labute approximate surface area is 157 Å². The highest BCUT2D eigenvalue weighted by atomic mass is 35.5. The first-order valence-corrected chi connectivity index (χ1v) is 10.1. The molecule has 7 nitrogen and oxygen atoms in total. The van der Waals surface area contributed by atoms with Crippen LogP contribution >= 0.6 is 11.6 Å². The summed E-state index contributed by atoms with van der Waals surface area (Å²) in [6.07, 6.45) is 1.47. The first-order chi connectivity index (χ1) is 12.4. The molecule has 0 radical (unpaired) electrons. The number of hydrogen-bond donors (Lipinski definition) is 2. The number of aromatic nitrogens is 1. The van der Waals surface area contributed by atoms with Gasteiger partial charge in [-0.05, 0) is 24.3 Å². The Morgan fingerprint density at radius 1 is 1.15 bits per heavy atom. The number of rotatable bonds is 5. The zero-order valence-corrected chi connectivity index (χ0v) is 15.6. The van der Waals surface area contributed by atoms with Crippen LogP contribution in [0.5, 0.6) is 0 Å². The Bertz CT molecular complexity index is 851. The van der Waals surface area contributed by atoms with Crippen molar-refractivity contribution in [3.8, 4) is 0 Å². The fraction of sp³-hybridized carbons (Fsp3) is 0.294. The second-order valence-corrected chi connectivity index (χ2v) is 8.43. The molecule has 1 amide bonds. The minimum atomic E-state index is -3.47. The first-order valence-electron chi connectivity index (χ1n) is 8.25. The summed E-state index contributed by atoms with van der Waals surface area (Å²) in [5, 5.41) is 3.23. The summed E-state index contributed by atoms with van der Waals surface area (Å²) in [6, 6.07) is 11.7. The maximum absolute atomic E-state index is 12.6. The lowest BCUT2D eigenvalue weighted by Crippen LogP contribution is -3.15. The quantitative estimate of drug-likeness (QED) is 0.760. The number of quaternary nitrogens is 1. The highest BCUT2D eigenvalue weighted by Gasteiger charge is 2.30. The predicted octanol–water partition coefficient (Wildman–Crippen LogP) is 0.263.